The maximum Gasteiger partial charge on any atom is 0.124 e. The first-order chi connectivity index (χ1) is 10.1. The summed E-state index contributed by atoms with van der Waals surface area (Å²) in [6.07, 6.45) is 1.15. The predicted octanol–water partition coefficient (Wildman–Crippen LogP) is 2.78. The Labute approximate surface area is 125 Å². The standard InChI is InChI=1S/C17H22N2O2/c1-12-7-8-17(21-3)14(10-12)16(20)11-19-13(2)15-6-4-5-9-18-15/h4-10,13,16,19-20H,11H2,1-3H3. The highest BCUT2D eigenvalue weighted by Crippen LogP contribution is 2.26. The normalized spacial score (nSPS) is 13.7. The number of nitrogens with zero attached hydrogens (tertiary/aromatic N) is 1. The molecule has 0 fully saturated rings. The monoisotopic (exact) mass is 286 g/mol. The number of aryl methyl sites for hydroxylation is 1. The Bertz CT molecular complexity index is 572. The van der Waals surface area contributed by atoms with Crippen LogP contribution in [0.15, 0.2) is 42.6 Å². The summed E-state index contributed by atoms with van der Waals surface area (Å²) >= 11 is 0. The topological polar surface area (TPSA) is 54.4 Å². The molecule has 2 atom stereocenters. The van der Waals surface area contributed by atoms with Gasteiger partial charge in [-0.3, -0.25) is 4.98 Å². The van der Waals surface area contributed by atoms with Gasteiger partial charge in [-0.25, -0.2) is 0 Å². The zero-order chi connectivity index (χ0) is 15.2. The third kappa shape index (κ3) is 4.03. The van der Waals surface area contributed by atoms with Crippen molar-refractivity contribution in [2.75, 3.05) is 13.7 Å². The van der Waals surface area contributed by atoms with Crippen LogP contribution in [-0.2, 0) is 0 Å². The first-order valence-corrected chi connectivity index (χ1v) is 7.08. The van der Waals surface area contributed by atoms with Crippen LogP contribution in [0, 0.1) is 6.92 Å². The van der Waals surface area contributed by atoms with Crippen molar-refractivity contribution < 1.29 is 9.84 Å². The number of ether oxygens (including phenoxy) is 1. The lowest BCUT2D eigenvalue weighted by Gasteiger charge is -2.19. The maximum atomic E-state index is 10.4. The summed E-state index contributed by atoms with van der Waals surface area (Å²) in [7, 11) is 1.62. The van der Waals surface area contributed by atoms with Crippen molar-refractivity contribution >= 4 is 0 Å². The molecule has 0 saturated heterocycles. The molecule has 0 spiro atoms. The van der Waals surface area contributed by atoms with Crippen molar-refractivity contribution in [3.05, 3.63) is 59.4 Å². The van der Waals surface area contributed by atoms with Crippen LogP contribution in [0.3, 0.4) is 0 Å². The van der Waals surface area contributed by atoms with Crippen LogP contribution in [0.5, 0.6) is 5.75 Å². The molecule has 0 aliphatic carbocycles. The van der Waals surface area contributed by atoms with Crippen molar-refractivity contribution in [1.29, 1.82) is 0 Å². The molecule has 0 radical (unpaired) electrons. The average molecular weight is 286 g/mol. The van der Waals surface area contributed by atoms with E-state index < -0.39 is 6.10 Å². The molecule has 0 saturated carbocycles. The average Bonchev–Trinajstić information content (AvgIpc) is 2.53. The first-order valence-electron chi connectivity index (χ1n) is 7.08. The smallest absolute Gasteiger partial charge is 0.124 e. The Hall–Kier alpha value is -1.91. The molecular formula is C17H22N2O2. The lowest BCUT2D eigenvalue weighted by atomic mass is 10.0. The van der Waals surface area contributed by atoms with E-state index >= 15 is 0 Å². The molecule has 21 heavy (non-hydrogen) atoms. The Morgan fingerprint density at radius 2 is 2.10 bits per heavy atom. The van der Waals surface area contributed by atoms with Gasteiger partial charge >= 0.3 is 0 Å². The SMILES string of the molecule is COc1ccc(C)cc1C(O)CNC(C)c1ccccn1. The number of pyridine rings is 1. The number of nitrogens with one attached hydrogen (secondary N) is 1. The fourth-order valence-corrected chi connectivity index (χ4v) is 2.25. The summed E-state index contributed by atoms with van der Waals surface area (Å²) in [6.45, 7) is 4.47. The summed E-state index contributed by atoms with van der Waals surface area (Å²) < 4.78 is 5.31. The molecule has 0 aliphatic rings. The Kier molecular flexibility index (Phi) is 5.31. The van der Waals surface area contributed by atoms with Gasteiger partial charge in [0.25, 0.3) is 0 Å². The first kappa shape index (κ1) is 15.5. The Balaban J connectivity index is 2.02. The molecule has 4 nitrogen and oxygen atoms in total. The summed E-state index contributed by atoms with van der Waals surface area (Å²) in [4.78, 5) is 4.31. The minimum atomic E-state index is -0.619. The zero-order valence-corrected chi connectivity index (χ0v) is 12.7. The van der Waals surface area contributed by atoms with E-state index in [1.807, 2.05) is 50.2 Å². The molecule has 4 heteroatoms. The molecule has 112 valence electrons. The summed E-state index contributed by atoms with van der Waals surface area (Å²) in [5, 5.41) is 13.7. The fraction of sp³-hybridized carbons (Fsp3) is 0.353. The minimum Gasteiger partial charge on any atom is -0.496 e. The number of aromatic nitrogens is 1. The molecule has 2 unspecified atom stereocenters. The van der Waals surface area contributed by atoms with Crippen molar-refractivity contribution in [3.8, 4) is 5.75 Å². The van der Waals surface area contributed by atoms with Crippen molar-refractivity contribution in [1.82, 2.24) is 10.3 Å². The van der Waals surface area contributed by atoms with E-state index in [1.165, 1.54) is 0 Å². The highest BCUT2D eigenvalue weighted by Gasteiger charge is 2.15. The van der Waals surface area contributed by atoms with E-state index in [4.69, 9.17) is 4.74 Å². The number of rotatable bonds is 6. The maximum absolute atomic E-state index is 10.4. The van der Waals surface area contributed by atoms with Crippen LogP contribution in [0.1, 0.15) is 35.9 Å². The molecule has 1 aromatic carbocycles. The molecule has 2 N–H and O–H groups in total. The Morgan fingerprint density at radius 1 is 1.29 bits per heavy atom. The van der Waals surface area contributed by atoms with Gasteiger partial charge < -0.3 is 15.2 Å². The van der Waals surface area contributed by atoms with Crippen LogP contribution in [-0.4, -0.2) is 23.7 Å². The summed E-state index contributed by atoms with van der Waals surface area (Å²) in [6, 6.07) is 11.7. The van der Waals surface area contributed by atoms with Crippen molar-refractivity contribution in [3.63, 3.8) is 0 Å². The van der Waals surface area contributed by atoms with Gasteiger partial charge in [-0.1, -0.05) is 17.7 Å². The molecule has 2 aromatic rings. The zero-order valence-electron chi connectivity index (χ0n) is 12.7. The predicted molar refractivity (Wildman–Crippen MR) is 83.3 cm³/mol. The quantitative estimate of drug-likeness (QED) is 0.857. The van der Waals surface area contributed by atoms with Gasteiger partial charge in [0.1, 0.15) is 5.75 Å². The molecule has 1 aromatic heterocycles. The molecule has 0 bridgehead atoms. The lowest BCUT2D eigenvalue weighted by Crippen LogP contribution is -2.25. The third-order valence-corrected chi connectivity index (χ3v) is 3.49. The van der Waals surface area contributed by atoms with Gasteiger partial charge in [-0.2, -0.15) is 0 Å². The van der Waals surface area contributed by atoms with Crippen molar-refractivity contribution in [2.45, 2.75) is 26.0 Å². The second-order valence-corrected chi connectivity index (χ2v) is 5.15. The highest BCUT2D eigenvalue weighted by molar-refractivity contribution is 5.38. The number of aliphatic hydroxyl groups excluding tert-OH is 1. The van der Waals surface area contributed by atoms with Gasteiger partial charge in [-0.15, -0.1) is 0 Å². The minimum absolute atomic E-state index is 0.0802. The van der Waals surface area contributed by atoms with Crippen LogP contribution < -0.4 is 10.1 Å². The van der Waals surface area contributed by atoms with Gasteiger partial charge in [0, 0.05) is 24.3 Å². The van der Waals surface area contributed by atoms with Gasteiger partial charge in [0.2, 0.25) is 0 Å². The van der Waals surface area contributed by atoms with Gasteiger partial charge in [-0.05, 0) is 38.1 Å². The number of hydrogen-bond donors (Lipinski definition) is 2. The van der Waals surface area contributed by atoms with Crippen LogP contribution in [0.2, 0.25) is 0 Å². The molecule has 0 amide bonds. The van der Waals surface area contributed by atoms with E-state index in [0.29, 0.717) is 12.3 Å². The van der Waals surface area contributed by atoms with E-state index in [2.05, 4.69) is 10.3 Å². The number of benzene rings is 1. The number of hydrogen-bond acceptors (Lipinski definition) is 4. The van der Waals surface area contributed by atoms with E-state index in [0.717, 1.165) is 16.8 Å². The second kappa shape index (κ2) is 7.20. The number of methoxy groups -OCH3 is 1. The second-order valence-electron chi connectivity index (χ2n) is 5.15. The van der Waals surface area contributed by atoms with Crippen LogP contribution in [0.25, 0.3) is 0 Å². The number of aliphatic hydroxyl groups is 1. The van der Waals surface area contributed by atoms with E-state index in [1.54, 1.807) is 13.3 Å². The van der Waals surface area contributed by atoms with Crippen molar-refractivity contribution in [2.24, 2.45) is 0 Å². The summed E-state index contributed by atoms with van der Waals surface area (Å²) in [5.74, 6) is 0.709. The highest BCUT2D eigenvalue weighted by atomic mass is 16.5. The van der Waals surface area contributed by atoms with E-state index in [9.17, 15) is 5.11 Å². The van der Waals surface area contributed by atoms with Crippen LogP contribution >= 0.6 is 0 Å². The van der Waals surface area contributed by atoms with Crippen LogP contribution in [0.4, 0.5) is 0 Å². The molecule has 2 rings (SSSR count). The third-order valence-electron chi connectivity index (χ3n) is 3.49. The van der Waals surface area contributed by atoms with Gasteiger partial charge in [0.05, 0.1) is 18.9 Å². The molecule has 1 heterocycles. The fourth-order valence-electron chi connectivity index (χ4n) is 2.25. The van der Waals surface area contributed by atoms with Gasteiger partial charge in [0.15, 0.2) is 0 Å². The lowest BCUT2D eigenvalue weighted by molar-refractivity contribution is 0.166. The summed E-state index contributed by atoms with van der Waals surface area (Å²) in [5.41, 5.74) is 2.86. The Morgan fingerprint density at radius 3 is 2.76 bits per heavy atom. The molecule has 0 aliphatic heterocycles. The van der Waals surface area contributed by atoms with E-state index in [-0.39, 0.29) is 6.04 Å². The largest absolute Gasteiger partial charge is 0.496 e. The molecular weight excluding hydrogens is 264 g/mol.